The first-order valence-electron chi connectivity index (χ1n) is 5.03. The Kier molecular flexibility index (Phi) is 5.46. The Morgan fingerprint density at radius 3 is 2.31 bits per heavy atom. The molecule has 74 valence electrons. The van der Waals surface area contributed by atoms with E-state index in [0.717, 1.165) is 19.3 Å². The quantitative estimate of drug-likeness (QED) is 0.453. The minimum Gasteiger partial charge on any atom is -0.294 e. The van der Waals surface area contributed by atoms with Gasteiger partial charge in [0.25, 0.3) is 0 Å². The second-order valence-corrected chi connectivity index (χ2v) is 4.12. The molecule has 0 N–H and O–H groups in total. The van der Waals surface area contributed by atoms with Gasteiger partial charge >= 0.3 is 0 Å². The van der Waals surface area contributed by atoms with E-state index in [1.54, 1.807) is 0 Å². The maximum absolute atomic E-state index is 5.27. The fraction of sp³-hybridized carbons (Fsp3) is 0.750. The molecule has 0 saturated carbocycles. The van der Waals surface area contributed by atoms with Crippen LogP contribution in [0.3, 0.4) is 0 Å². The van der Waals surface area contributed by atoms with Crippen molar-refractivity contribution in [3.8, 4) is 12.3 Å². The smallest absolute Gasteiger partial charge is 0.0490 e. The van der Waals surface area contributed by atoms with Gasteiger partial charge in [0, 0.05) is 24.1 Å². The van der Waals surface area contributed by atoms with E-state index in [1.807, 2.05) is 6.21 Å². The predicted molar refractivity (Wildman–Crippen MR) is 60.1 cm³/mol. The second-order valence-electron chi connectivity index (χ2n) is 4.12. The van der Waals surface area contributed by atoms with Gasteiger partial charge in [-0.25, -0.2) is 0 Å². The normalized spacial score (nSPS) is 12.3. The number of nitrogens with zero attached hydrogens (tertiary/aromatic N) is 1. The van der Waals surface area contributed by atoms with E-state index in [1.165, 1.54) is 0 Å². The summed E-state index contributed by atoms with van der Waals surface area (Å²) < 4.78 is 0. The Morgan fingerprint density at radius 1 is 1.38 bits per heavy atom. The molecule has 0 rings (SSSR count). The molecule has 0 aliphatic rings. The van der Waals surface area contributed by atoms with Gasteiger partial charge in [-0.15, -0.1) is 12.3 Å². The van der Waals surface area contributed by atoms with Crippen LogP contribution < -0.4 is 0 Å². The largest absolute Gasteiger partial charge is 0.294 e. The monoisotopic (exact) mass is 179 g/mol. The van der Waals surface area contributed by atoms with Gasteiger partial charge in [-0.05, 0) is 12.8 Å². The van der Waals surface area contributed by atoms with Gasteiger partial charge in [0.2, 0.25) is 0 Å². The molecular weight excluding hydrogens is 158 g/mol. The van der Waals surface area contributed by atoms with Crippen LogP contribution in [0, 0.1) is 17.8 Å². The van der Waals surface area contributed by atoms with E-state index < -0.39 is 0 Å². The lowest BCUT2D eigenvalue weighted by Crippen LogP contribution is -2.14. The van der Waals surface area contributed by atoms with E-state index in [9.17, 15) is 0 Å². The highest BCUT2D eigenvalue weighted by Crippen LogP contribution is 2.17. The number of hydrogen-bond acceptors (Lipinski definition) is 1. The van der Waals surface area contributed by atoms with Gasteiger partial charge in [0.1, 0.15) is 0 Å². The van der Waals surface area contributed by atoms with E-state index in [-0.39, 0.29) is 5.41 Å². The summed E-state index contributed by atoms with van der Waals surface area (Å²) in [4.78, 5) is 4.53. The minimum absolute atomic E-state index is 0.0529. The van der Waals surface area contributed by atoms with Crippen LogP contribution in [0.25, 0.3) is 0 Å². The summed E-state index contributed by atoms with van der Waals surface area (Å²) in [5, 5.41) is 0. The van der Waals surface area contributed by atoms with Crippen molar-refractivity contribution in [2.45, 2.75) is 53.0 Å². The third kappa shape index (κ3) is 5.47. The van der Waals surface area contributed by atoms with Crippen LogP contribution in [0.5, 0.6) is 0 Å². The predicted octanol–water partition coefficient (Wildman–Crippen LogP) is 3.30. The van der Waals surface area contributed by atoms with Gasteiger partial charge in [-0.3, -0.25) is 4.99 Å². The highest BCUT2D eigenvalue weighted by atomic mass is 14.8. The molecule has 0 heterocycles. The average molecular weight is 179 g/mol. The van der Waals surface area contributed by atoms with E-state index in [0.29, 0.717) is 6.04 Å². The molecule has 0 spiro atoms. The fourth-order valence-electron chi connectivity index (χ4n) is 1.12. The van der Waals surface area contributed by atoms with Crippen molar-refractivity contribution in [3.05, 3.63) is 0 Å². The molecule has 0 bridgehead atoms. The van der Waals surface area contributed by atoms with Gasteiger partial charge in [-0.1, -0.05) is 27.7 Å². The van der Waals surface area contributed by atoms with Gasteiger partial charge < -0.3 is 0 Å². The zero-order chi connectivity index (χ0) is 10.3. The summed E-state index contributed by atoms with van der Waals surface area (Å²) in [6.07, 6.45) is 10.3. The molecule has 0 atom stereocenters. The lowest BCUT2D eigenvalue weighted by Gasteiger charge is -2.16. The molecule has 1 heteroatoms. The van der Waals surface area contributed by atoms with E-state index >= 15 is 0 Å². The Hall–Kier alpha value is -0.770. The van der Waals surface area contributed by atoms with Crippen molar-refractivity contribution >= 4 is 6.21 Å². The van der Waals surface area contributed by atoms with Gasteiger partial charge in [0.15, 0.2) is 0 Å². The Morgan fingerprint density at radius 2 is 1.92 bits per heavy atom. The topological polar surface area (TPSA) is 12.4 Å². The number of hydrogen-bond donors (Lipinski definition) is 0. The molecule has 0 saturated heterocycles. The molecule has 13 heavy (non-hydrogen) atoms. The Bertz CT molecular complexity index is 192. The van der Waals surface area contributed by atoms with Crippen LogP contribution >= 0.6 is 0 Å². The first-order chi connectivity index (χ1) is 6.05. The number of rotatable bonds is 5. The lowest BCUT2D eigenvalue weighted by atomic mass is 9.91. The molecule has 1 nitrogen and oxygen atoms in total. The molecule has 0 aromatic rings. The molecule has 0 aromatic heterocycles. The molecule has 0 unspecified atom stereocenters. The van der Waals surface area contributed by atoms with Gasteiger partial charge in [0.05, 0.1) is 0 Å². The van der Waals surface area contributed by atoms with Crippen LogP contribution in [0.2, 0.25) is 0 Å². The molecule has 0 aliphatic heterocycles. The van der Waals surface area contributed by atoms with Crippen LogP contribution in [0.15, 0.2) is 4.99 Å². The van der Waals surface area contributed by atoms with Crippen LogP contribution in [-0.4, -0.2) is 12.3 Å². The van der Waals surface area contributed by atoms with Crippen molar-refractivity contribution in [1.82, 2.24) is 0 Å². The van der Waals surface area contributed by atoms with Gasteiger partial charge in [-0.2, -0.15) is 0 Å². The summed E-state index contributed by atoms with van der Waals surface area (Å²) in [5.41, 5.74) is 0.0529. The van der Waals surface area contributed by atoms with Crippen LogP contribution in [0.4, 0.5) is 0 Å². The van der Waals surface area contributed by atoms with E-state index in [2.05, 4.69) is 38.6 Å². The molecule has 0 aliphatic carbocycles. The fourth-order valence-corrected chi connectivity index (χ4v) is 1.12. The third-order valence-corrected chi connectivity index (χ3v) is 2.14. The Labute approximate surface area is 82.6 Å². The summed E-state index contributed by atoms with van der Waals surface area (Å²) in [5.74, 6) is 2.68. The van der Waals surface area contributed by atoms with Crippen LogP contribution in [-0.2, 0) is 0 Å². The SMILES string of the molecule is C#CCC(C)(C)C=NC(CC)CC. The molecule has 0 fully saturated rings. The molecule has 0 amide bonds. The zero-order valence-electron chi connectivity index (χ0n) is 9.30. The summed E-state index contributed by atoms with van der Waals surface area (Å²) in [6.45, 7) is 8.58. The number of aliphatic imine (C=N–C) groups is 1. The van der Waals surface area contributed by atoms with Crippen molar-refractivity contribution in [2.75, 3.05) is 0 Å². The lowest BCUT2D eigenvalue weighted by molar-refractivity contribution is 0.541. The molecular formula is C12H21N. The van der Waals surface area contributed by atoms with E-state index in [4.69, 9.17) is 6.42 Å². The highest BCUT2D eigenvalue weighted by Gasteiger charge is 2.13. The number of terminal acetylenes is 1. The highest BCUT2D eigenvalue weighted by molar-refractivity contribution is 5.65. The summed E-state index contributed by atoms with van der Waals surface area (Å²) in [6, 6.07) is 0.469. The average Bonchev–Trinajstić information content (AvgIpc) is 2.06. The Balaban J connectivity index is 4.16. The summed E-state index contributed by atoms with van der Waals surface area (Å²) in [7, 11) is 0. The molecule has 0 radical (unpaired) electrons. The zero-order valence-corrected chi connectivity index (χ0v) is 9.30. The maximum Gasteiger partial charge on any atom is 0.0490 e. The maximum atomic E-state index is 5.27. The second kappa shape index (κ2) is 5.80. The third-order valence-electron chi connectivity index (χ3n) is 2.14. The van der Waals surface area contributed by atoms with Crippen molar-refractivity contribution in [1.29, 1.82) is 0 Å². The van der Waals surface area contributed by atoms with Crippen molar-refractivity contribution in [3.63, 3.8) is 0 Å². The standard InChI is InChI=1S/C12H21N/c1-6-9-12(4,5)10-13-11(7-2)8-3/h1,10-11H,7-9H2,2-5H3. The van der Waals surface area contributed by atoms with Crippen LogP contribution in [0.1, 0.15) is 47.0 Å². The van der Waals surface area contributed by atoms with Crippen molar-refractivity contribution in [2.24, 2.45) is 10.4 Å². The van der Waals surface area contributed by atoms with Crippen molar-refractivity contribution < 1.29 is 0 Å². The minimum atomic E-state index is 0.0529. The molecule has 0 aromatic carbocycles. The first-order valence-corrected chi connectivity index (χ1v) is 5.03. The summed E-state index contributed by atoms with van der Waals surface area (Å²) >= 11 is 0. The first kappa shape index (κ1) is 12.2.